The fraction of sp³-hybridized carbons (Fsp3) is 0.0667. The van der Waals surface area contributed by atoms with Crippen molar-refractivity contribution in [1.29, 1.82) is 0 Å². The third-order valence-corrected chi connectivity index (χ3v) is 3.06. The average molecular weight is 243 g/mol. The Kier molecular flexibility index (Phi) is 2.62. The lowest BCUT2D eigenvalue weighted by atomic mass is 10.0. The minimum atomic E-state index is 0.610. The highest BCUT2D eigenvalue weighted by Gasteiger charge is 2.12. The zero-order valence-corrected chi connectivity index (χ0v) is 9.95. The van der Waals surface area contributed by atoms with Crippen LogP contribution in [0.25, 0.3) is 11.6 Å². The first kappa shape index (κ1) is 10.4. The third kappa shape index (κ3) is 2.06. The van der Waals surface area contributed by atoms with Gasteiger partial charge in [0.15, 0.2) is 0 Å². The fourth-order valence-corrected chi connectivity index (χ4v) is 2.15. The Morgan fingerprint density at radius 1 is 1.00 bits per heavy atom. The van der Waals surface area contributed by atoms with E-state index in [4.69, 9.17) is 16.3 Å². The maximum atomic E-state index is 5.99. The van der Waals surface area contributed by atoms with Crippen molar-refractivity contribution in [3.8, 4) is 5.75 Å². The van der Waals surface area contributed by atoms with Gasteiger partial charge in [0.1, 0.15) is 12.4 Å². The molecule has 0 saturated carbocycles. The third-order valence-electron chi connectivity index (χ3n) is 2.83. The number of rotatable bonds is 1. The lowest BCUT2D eigenvalue weighted by Gasteiger charge is -2.18. The van der Waals surface area contributed by atoms with Gasteiger partial charge in [0, 0.05) is 10.6 Å². The van der Waals surface area contributed by atoms with Gasteiger partial charge in [-0.1, -0.05) is 41.9 Å². The molecule has 0 unspecified atom stereocenters. The fourth-order valence-electron chi connectivity index (χ4n) is 1.97. The summed E-state index contributed by atoms with van der Waals surface area (Å²) in [5, 5.41) is 0.734. The van der Waals surface area contributed by atoms with Crippen molar-refractivity contribution < 1.29 is 4.74 Å². The van der Waals surface area contributed by atoms with Gasteiger partial charge in [0.2, 0.25) is 0 Å². The zero-order valence-electron chi connectivity index (χ0n) is 9.19. The monoisotopic (exact) mass is 242 g/mol. The lowest BCUT2D eigenvalue weighted by Crippen LogP contribution is -2.06. The molecular formula is C15H11ClO. The molecule has 0 amide bonds. The summed E-state index contributed by atoms with van der Waals surface area (Å²) in [6, 6.07) is 15.9. The van der Waals surface area contributed by atoms with E-state index in [1.165, 1.54) is 11.1 Å². The van der Waals surface area contributed by atoms with Crippen LogP contribution in [0.1, 0.15) is 11.1 Å². The molecule has 0 saturated heterocycles. The number of benzene rings is 2. The predicted octanol–water partition coefficient (Wildman–Crippen LogP) is 4.27. The molecule has 0 aliphatic carbocycles. The Labute approximate surface area is 105 Å². The van der Waals surface area contributed by atoms with Crippen LogP contribution < -0.4 is 4.74 Å². The van der Waals surface area contributed by atoms with Crippen LogP contribution in [0.2, 0.25) is 5.02 Å². The van der Waals surface area contributed by atoms with Gasteiger partial charge in [-0.15, -0.1) is 0 Å². The van der Waals surface area contributed by atoms with E-state index >= 15 is 0 Å². The molecule has 17 heavy (non-hydrogen) atoms. The molecule has 1 aliphatic rings. The van der Waals surface area contributed by atoms with Gasteiger partial charge in [-0.3, -0.25) is 0 Å². The van der Waals surface area contributed by atoms with Crippen molar-refractivity contribution in [3.05, 3.63) is 64.7 Å². The van der Waals surface area contributed by atoms with Crippen molar-refractivity contribution in [1.82, 2.24) is 0 Å². The van der Waals surface area contributed by atoms with Crippen molar-refractivity contribution in [2.75, 3.05) is 6.61 Å². The molecule has 0 atom stereocenters. The van der Waals surface area contributed by atoms with Gasteiger partial charge in [0.25, 0.3) is 0 Å². The van der Waals surface area contributed by atoms with Gasteiger partial charge in [-0.25, -0.2) is 0 Å². The molecular weight excluding hydrogens is 232 g/mol. The molecule has 0 bridgehead atoms. The second-order valence-corrected chi connectivity index (χ2v) is 4.44. The van der Waals surface area contributed by atoms with Gasteiger partial charge in [-0.05, 0) is 35.4 Å². The van der Waals surface area contributed by atoms with Crippen LogP contribution in [0.3, 0.4) is 0 Å². The van der Waals surface area contributed by atoms with Crippen LogP contribution in [0.5, 0.6) is 5.75 Å². The molecule has 0 N–H and O–H groups in total. The molecule has 1 aliphatic heterocycles. The molecule has 0 spiro atoms. The van der Waals surface area contributed by atoms with Gasteiger partial charge in [-0.2, -0.15) is 0 Å². The highest BCUT2D eigenvalue weighted by atomic mass is 35.5. The Morgan fingerprint density at radius 3 is 2.65 bits per heavy atom. The van der Waals surface area contributed by atoms with Crippen LogP contribution in [0.4, 0.5) is 0 Å². The Morgan fingerprint density at radius 2 is 1.82 bits per heavy atom. The summed E-state index contributed by atoms with van der Waals surface area (Å²) < 4.78 is 5.72. The van der Waals surface area contributed by atoms with E-state index in [0.29, 0.717) is 6.61 Å². The molecule has 2 heteroatoms. The Balaban J connectivity index is 2.05. The first-order valence-electron chi connectivity index (χ1n) is 5.51. The highest BCUT2D eigenvalue weighted by molar-refractivity contribution is 6.30. The molecule has 0 radical (unpaired) electrons. The summed E-state index contributed by atoms with van der Waals surface area (Å²) in [7, 11) is 0. The van der Waals surface area contributed by atoms with Crippen molar-refractivity contribution in [2.24, 2.45) is 0 Å². The van der Waals surface area contributed by atoms with E-state index in [-0.39, 0.29) is 0 Å². The standard InChI is InChI=1S/C15H11ClO/c16-14-6-7-15-12(9-14)8-13(10-17-15)11-4-2-1-3-5-11/h1-9H,10H2. The first-order valence-corrected chi connectivity index (χ1v) is 5.89. The number of fused-ring (bicyclic) bond motifs is 1. The van der Waals surface area contributed by atoms with Crippen LogP contribution in [-0.2, 0) is 0 Å². The minimum absolute atomic E-state index is 0.610. The summed E-state index contributed by atoms with van der Waals surface area (Å²) in [5.41, 5.74) is 3.42. The van der Waals surface area contributed by atoms with E-state index in [1.54, 1.807) is 0 Å². The largest absolute Gasteiger partial charge is 0.488 e. The van der Waals surface area contributed by atoms with Gasteiger partial charge < -0.3 is 4.74 Å². The molecule has 2 aromatic rings. The van der Waals surface area contributed by atoms with Crippen molar-refractivity contribution in [3.63, 3.8) is 0 Å². The lowest BCUT2D eigenvalue weighted by molar-refractivity contribution is 0.366. The summed E-state index contributed by atoms with van der Waals surface area (Å²) in [5.74, 6) is 0.897. The molecule has 3 rings (SSSR count). The van der Waals surface area contributed by atoms with Crippen LogP contribution >= 0.6 is 11.6 Å². The normalized spacial score (nSPS) is 13.6. The molecule has 2 aromatic carbocycles. The predicted molar refractivity (Wildman–Crippen MR) is 71.3 cm³/mol. The Hall–Kier alpha value is -1.73. The topological polar surface area (TPSA) is 9.23 Å². The minimum Gasteiger partial charge on any atom is -0.488 e. The summed E-state index contributed by atoms with van der Waals surface area (Å²) >= 11 is 5.99. The second-order valence-electron chi connectivity index (χ2n) is 4.01. The molecule has 84 valence electrons. The number of halogens is 1. The quantitative estimate of drug-likeness (QED) is 0.726. The van der Waals surface area contributed by atoms with Crippen molar-refractivity contribution >= 4 is 23.3 Å². The SMILES string of the molecule is Clc1ccc2c(c1)C=C(c1ccccc1)CO2. The van der Waals surface area contributed by atoms with E-state index in [9.17, 15) is 0 Å². The first-order chi connectivity index (χ1) is 8.33. The second kappa shape index (κ2) is 4.27. The van der Waals surface area contributed by atoms with E-state index < -0.39 is 0 Å². The summed E-state index contributed by atoms with van der Waals surface area (Å²) in [4.78, 5) is 0. The maximum Gasteiger partial charge on any atom is 0.127 e. The summed E-state index contributed by atoms with van der Waals surface area (Å²) in [6.45, 7) is 0.610. The smallest absolute Gasteiger partial charge is 0.127 e. The van der Waals surface area contributed by atoms with Crippen molar-refractivity contribution in [2.45, 2.75) is 0 Å². The maximum absolute atomic E-state index is 5.99. The average Bonchev–Trinajstić information content (AvgIpc) is 2.39. The van der Waals surface area contributed by atoms with E-state index in [2.05, 4.69) is 18.2 Å². The van der Waals surface area contributed by atoms with Gasteiger partial charge in [0.05, 0.1) is 0 Å². The summed E-state index contributed by atoms with van der Waals surface area (Å²) in [6.07, 6.45) is 2.14. The van der Waals surface area contributed by atoms with Crippen LogP contribution in [0, 0.1) is 0 Å². The van der Waals surface area contributed by atoms with E-state index in [1.807, 2.05) is 36.4 Å². The molecule has 1 heterocycles. The molecule has 0 fully saturated rings. The van der Waals surface area contributed by atoms with Gasteiger partial charge >= 0.3 is 0 Å². The van der Waals surface area contributed by atoms with Crippen LogP contribution in [0.15, 0.2) is 48.5 Å². The number of hydrogen-bond donors (Lipinski definition) is 0. The number of hydrogen-bond acceptors (Lipinski definition) is 1. The highest BCUT2D eigenvalue weighted by Crippen LogP contribution is 2.32. The molecule has 0 aromatic heterocycles. The molecule has 1 nitrogen and oxygen atoms in total. The van der Waals surface area contributed by atoms with Crippen LogP contribution in [-0.4, -0.2) is 6.61 Å². The van der Waals surface area contributed by atoms with E-state index in [0.717, 1.165) is 16.3 Å². The number of ether oxygens (including phenoxy) is 1. The zero-order chi connectivity index (χ0) is 11.7. The Bertz CT molecular complexity index is 573.